The average molecular weight is 419 g/mol. The molecule has 134 valence electrons. The highest BCUT2D eigenvalue weighted by Crippen LogP contribution is 2.25. The standard InChI is InChI=1S/C17H24BrN3O2.ClH/c1-13(23-16-5-3-2-4-15(16)18)17(22)21-9-6-14(12-21)20-10-7-19-8-11-20;/h2-5,13-14,19H,6-12H2,1H3;1H. The van der Waals surface area contributed by atoms with Crippen LogP contribution in [0, 0.1) is 0 Å². The number of nitrogens with zero attached hydrogens (tertiary/aromatic N) is 2. The summed E-state index contributed by atoms with van der Waals surface area (Å²) in [6.07, 6.45) is 0.600. The van der Waals surface area contributed by atoms with Crippen molar-refractivity contribution in [2.24, 2.45) is 0 Å². The van der Waals surface area contributed by atoms with E-state index in [2.05, 4.69) is 26.1 Å². The van der Waals surface area contributed by atoms with Gasteiger partial charge in [0.2, 0.25) is 0 Å². The molecule has 24 heavy (non-hydrogen) atoms. The Labute approximate surface area is 158 Å². The van der Waals surface area contributed by atoms with Gasteiger partial charge in [-0.3, -0.25) is 9.69 Å². The van der Waals surface area contributed by atoms with Crippen molar-refractivity contribution in [3.8, 4) is 5.75 Å². The number of carbonyl (C=O) groups excluding carboxylic acids is 1. The predicted molar refractivity (Wildman–Crippen MR) is 101 cm³/mol. The number of hydrogen-bond donors (Lipinski definition) is 1. The van der Waals surface area contributed by atoms with Crippen LogP contribution in [0.5, 0.6) is 5.75 Å². The minimum atomic E-state index is -0.463. The number of piperazine rings is 1. The number of halogens is 2. The fraction of sp³-hybridized carbons (Fsp3) is 0.588. The number of rotatable bonds is 4. The lowest BCUT2D eigenvalue weighted by Gasteiger charge is -2.32. The first kappa shape index (κ1) is 19.5. The molecule has 0 aliphatic carbocycles. The molecule has 0 bridgehead atoms. The van der Waals surface area contributed by atoms with Gasteiger partial charge in [0.05, 0.1) is 4.47 Å². The van der Waals surface area contributed by atoms with Gasteiger partial charge in [-0.15, -0.1) is 12.4 Å². The largest absolute Gasteiger partial charge is 0.480 e. The third kappa shape index (κ3) is 4.63. The van der Waals surface area contributed by atoms with Crippen LogP contribution in [0.1, 0.15) is 13.3 Å². The molecular formula is C17H25BrClN3O2. The van der Waals surface area contributed by atoms with E-state index in [0.29, 0.717) is 11.8 Å². The van der Waals surface area contributed by atoms with E-state index in [1.54, 1.807) is 0 Å². The first-order valence-corrected chi connectivity index (χ1v) is 9.09. The number of carbonyl (C=O) groups is 1. The molecule has 2 unspecified atom stereocenters. The summed E-state index contributed by atoms with van der Waals surface area (Å²) in [7, 11) is 0. The molecule has 0 aromatic heterocycles. The lowest BCUT2D eigenvalue weighted by Crippen LogP contribution is -2.50. The molecule has 0 radical (unpaired) electrons. The summed E-state index contributed by atoms with van der Waals surface area (Å²) in [5, 5.41) is 3.38. The predicted octanol–water partition coefficient (Wildman–Crippen LogP) is 2.14. The van der Waals surface area contributed by atoms with Crippen LogP contribution in [0.25, 0.3) is 0 Å². The molecule has 1 aromatic carbocycles. The van der Waals surface area contributed by atoms with E-state index in [-0.39, 0.29) is 18.3 Å². The van der Waals surface area contributed by atoms with Crippen LogP contribution < -0.4 is 10.1 Å². The molecule has 1 N–H and O–H groups in total. The Kier molecular flexibility index (Phi) is 7.34. The lowest BCUT2D eigenvalue weighted by atomic mass is 10.2. The van der Waals surface area contributed by atoms with Crippen LogP contribution in [0.2, 0.25) is 0 Å². The van der Waals surface area contributed by atoms with E-state index in [9.17, 15) is 4.79 Å². The van der Waals surface area contributed by atoms with Gasteiger partial charge in [0.15, 0.2) is 6.10 Å². The van der Waals surface area contributed by atoms with Gasteiger partial charge < -0.3 is 15.0 Å². The maximum absolute atomic E-state index is 12.6. The Morgan fingerprint density at radius 3 is 2.71 bits per heavy atom. The molecule has 2 aliphatic rings. The van der Waals surface area contributed by atoms with Crippen molar-refractivity contribution >= 4 is 34.2 Å². The van der Waals surface area contributed by atoms with Gasteiger partial charge in [0.25, 0.3) is 5.91 Å². The summed E-state index contributed by atoms with van der Waals surface area (Å²) >= 11 is 3.46. The average Bonchev–Trinajstić information content (AvgIpc) is 3.07. The van der Waals surface area contributed by atoms with Crippen molar-refractivity contribution in [2.45, 2.75) is 25.5 Å². The molecule has 1 aromatic rings. The van der Waals surface area contributed by atoms with E-state index in [1.807, 2.05) is 36.1 Å². The normalized spacial score (nSPS) is 22.8. The first-order chi connectivity index (χ1) is 11.1. The molecule has 2 atom stereocenters. The maximum Gasteiger partial charge on any atom is 0.263 e. The zero-order valence-corrected chi connectivity index (χ0v) is 16.3. The van der Waals surface area contributed by atoms with Crippen molar-refractivity contribution in [2.75, 3.05) is 39.3 Å². The molecule has 2 saturated heterocycles. The van der Waals surface area contributed by atoms with Crippen LogP contribution in [0.3, 0.4) is 0 Å². The number of amides is 1. The van der Waals surface area contributed by atoms with Crippen molar-refractivity contribution in [1.29, 1.82) is 0 Å². The molecule has 2 aliphatic heterocycles. The van der Waals surface area contributed by atoms with Crippen LogP contribution in [-0.2, 0) is 4.79 Å². The lowest BCUT2D eigenvalue weighted by molar-refractivity contribution is -0.137. The minimum Gasteiger partial charge on any atom is -0.480 e. The summed E-state index contributed by atoms with van der Waals surface area (Å²) in [4.78, 5) is 17.1. The second-order valence-corrected chi connectivity index (χ2v) is 7.06. The zero-order valence-electron chi connectivity index (χ0n) is 13.9. The van der Waals surface area contributed by atoms with Crippen molar-refractivity contribution in [1.82, 2.24) is 15.1 Å². The Balaban J connectivity index is 0.00000208. The van der Waals surface area contributed by atoms with Gasteiger partial charge in [-0.1, -0.05) is 12.1 Å². The topological polar surface area (TPSA) is 44.8 Å². The van der Waals surface area contributed by atoms with Crippen molar-refractivity contribution < 1.29 is 9.53 Å². The number of nitrogens with one attached hydrogen (secondary N) is 1. The molecule has 2 heterocycles. The molecule has 1 amide bonds. The fourth-order valence-corrected chi connectivity index (χ4v) is 3.70. The molecule has 7 heteroatoms. The zero-order chi connectivity index (χ0) is 16.2. The van der Waals surface area contributed by atoms with Gasteiger partial charge in [-0.2, -0.15) is 0 Å². The summed E-state index contributed by atoms with van der Waals surface area (Å²) < 4.78 is 6.71. The number of ether oxygens (including phenoxy) is 1. The Morgan fingerprint density at radius 1 is 1.29 bits per heavy atom. The van der Waals surface area contributed by atoms with Gasteiger partial charge in [-0.05, 0) is 41.4 Å². The quantitative estimate of drug-likeness (QED) is 0.814. The number of para-hydroxylation sites is 1. The van der Waals surface area contributed by atoms with Crippen molar-refractivity contribution in [3.63, 3.8) is 0 Å². The monoisotopic (exact) mass is 417 g/mol. The van der Waals surface area contributed by atoms with E-state index in [1.165, 1.54) is 0 Å². The smallest absolute Gasteiger partial charge is 0.263 e. The molecule has 3 rings (SSSR count). The summed E-state index contributed by atoms with van der Waals surface area (Å²) in [5.41, 5.74) is 0. The second-order valence-electron chi connectivity index (χ2n) is 6.20. The Bertz CT molecular complexity index is 554. The Morgan fingerprint density at radius 2 is 2.00 bits per heavy atom. The highest BCUT2D eigenvalue weighted by Gasteiger charge is 2.33. The SMILES string of the molecule is CC(Oc1ccccc1Br)C(=O)N1CCC(N2CCNCC2)C1.Cl. The van der Waals surface area contributed by atoms with Crippen molar-refractivity contribution in [3.05, 3.63) is 28.7 Å². The minimum absolute atomic E-state index is 0. The third-order valence-corrected chi connectivity index (χ3v) is 5.29. The van der Waals surface area contributed by atoms with Crippen LogP contribution in [0.4, 0.5) is 0 Å². The van der Waals surface area contributed by atoms with Crippen LogP contribution in [0.15, 0.2) is 28.7 Å². The van der Waals surface area contributed by atoms with Crippen LogP contribution in [-0.4, -0.2) is 67.1 Å². The van der Waals surface area contributed by atoms with E-state index in [4.69, 9.17) is 4.74 Å². The molecule has 2 fully saturated rings. The fourth-order valence-electron chi connectivity index (χ4n) is 3.33. The van der Waals surface area contributed by atoms with E-state index < -0.39 is 6.10 Å². The first-order valence-electron chi connectivity index (χ1n) is 8.30. The second kappa shape index (κ2) is 9.04. The number of benzene rings is 1. The van der Waals surface area contributed by atoms with Gasteiger partial charge in [0.1, 0.15) is 5.75 Å². The third-order valence-electron chi connectivity index (χ3n) is 4.63. The van der Waals surface area contributed by atoms with Gasteiger partial charge >= 0.3 is 0 Å². The molecule has 5 nitrogen and oxygen atoms in total. The summed E-state index contributed by atoms with van der Waals surface area (Å²) in [5.74, 6) is 0.796. The van der Waals surface area contributed by atoms with E-state index >= 15 is 0 Å². The molecular weight excluding hydrogens is 394 g/mol. The maximum atomic E-state index is 12.6. The number of hydrogen-bond acceptors (Lipinski definition) is 4. The number of likely N-dealkylation sites (tertiary alicyclic amines) is 1. The molecule has 0 spiro atoms. The summed E-state index contributed by atoms with van der Waals surface area (Å²) in [6, 6.07) is 8.14. The highest BCUT2D eigenvalue weighted by atomic mass is 79.9. The van der Waals surface area contributed by atoms with Gasteiger partial charge in [0, 0.05) is 45.3 Å². The van der Waals surface area contributed by atoms with Gasteiger partial charge in [-0.25, -0.2) is 0 Å². The van der Waals surface area contributed by atoms with Crippen LogP contribution >= 0.6 is 28.3 Å². The highest BCUT2D eigenvalue weighted by molar-refractivity contribution is 9.10. The Hall–Kier alpha value is -0.820. The summed E-state index contributed by atoms with van der Waals surface area (Å²) in [6.45, 7) is 7.74. The molecule has 0 saturated carbocycles. The van der Waals surface area contributed by atoms with E-state index in [0.717, 1.165) is 50.2 Å².